The quantitative estimate of drug-likeness (QED) is 0.867. The summed E-state index contributed by atoms with van der Waals surface area (Å²) in [7, 11) is 0. The number of carbonyl (C=O) groups is 1. The summed E-state index contributed by atoms with van der Waals surface area (Å²) in [6.07, 6.45) is 1.92. The summed E-state index contributed by atoms with van der Waals surface area (Å²) < 4.78 is 5.41. The summed E-state index contributed by atoms with van der Waals surface area (Å²) in [6, 6.07) is 5.65. The third kappa shape index (κ3) is 2.99. The Morgan fingerprint density at radius 3 is 3.06 bits per heavy atom. The SMILES string of the molecule is CC(C)CCNC(=O)c1ccc2c(c1)CCO2. The molecule has 0 radical (unpaired) electrons. The van der Waals surface area contributed by atoms with E-state index in [1.165, 1.54) is 0 Å². The van der Waals surface area contributed by atoms with Gasteiger partial charge in [0.2, 0.25) is 0 Å². The first-order valence-corrected chi connectivity index (χ1v) is 6.21. The third-order valence-electron chi connectivity index (χ3n) is 2.96. The molecule has 3 nitrogen and oxygen atoms in total. The lowest BCUT2D eigenvalue weighted by Gasteiger charge is -2.08. The average Bonchev–Trinajstić information content (AvgIpc) is 2.75. The number of benzene rings is 1. The number of ether oxygens (including phenoxy) is 1. The van der Waals surface area contributed by atoms with Crippen molar-refractivity contribution in [2.24, 2.45) is 5.92 Å². The van der Waals surface area contributed by atoms with Crippen LogP contribution in [-0.4, -0.2) is 19.1 Å². The van der Waals surface area contributed by atoms with Crippen LogP contribution in [0.2, 0.25) is 0 Å². The van der Waals surface area contributed by atoms with Crippen LogP contribution in [0.25, 0.3) is 0 Å². The Morgan fingerprint density at radius 2 is 2.29 bits per heavy atom. The number of nitrogens with one attached hydrogen (secondary N) is 1. The lowest BCUT2D eigenvalue weighted by Crippen LogP contribution is -2.25. The van der Waals surface area contributed by atoms with E-state index in [2.05, 4.69) is 19.2 Å². The Bertz CT molecular complexity index is 413. The largest absolute Gasteiger partial charge is 0.493 e. The van der Waals surface area contributed by atoms with Gasteiger partial charge in [0, 0.05) is 18.5 Å². The van der Waals surface area contributed by atoms with Gasteiger partial charge in [-0.05, 0) is 36.1 Å². The van der Waals surface area contributed by atoms with Crippen LogP contribution < -0.4 is 10.1 Å². The molecule has 1 amide bonds. The monoisotopic (exact) mass is 233 g/mol. The molecule has 0 atom stereocenters. The number of amides is 1. The second-order valence-electron chi connectivity index (χ2n) is 4.86. The summed E-state index contributed by atoms with van der Waals surface area (Å²) >= 11 is 0. The second kappa shape index (κ2) is 5.21. The molecular formula is C14H19NO2. The predicted octanol–water partition coefficient (Wildman–Crippen LogP) is 2.40. The fourth-order valence-electron chi connectivity index (χ4n) is 1.90. The fourth-order valence-corrected chi connectivity index (χ4v) is 1.90. The topological polar surface area (TPSA) is 38.3 Å². The van der Waals surface area contributed by atoms with Crippen molar-refractivity contribution in [1.82, 2.24) is 5.32 Å². The fraction of sp³-hybridized carbons (Fsp3) is 0.500. The van der Waals surface area contributed by atoms with Gasteiger partial charge in [-0.15, -0.1) is 0 Å². The molecule has 1 aromatic carbocycles. The molecule has 1 heterocycles. The molecule has 1 aromatic rings. The van der Waals surface area contributed by atoms with E-state index >= 15 is 0 Å². The minimum absolute atomic E-state index is 0.0142. The van der Waals surface area contributed by atoms with Crippen molar-refractivity contribution in [3.05, 3.63) is 29.3 Å². The molecule has 0 unspecified atom stereocenters. The van der Waals surface area contributed by atoms with Gasteiger partial charge < -0.3 is 10.1 Å². The average molecular weight is 233 g/mol. The van der Waals surface area contributed by atoms with E-state index in [0.29, 0.717) is 5.92 Å². The van der Waals surface area contributed by atoms with Crippen molar-refractivity contribution in [2.45, 2.75) is 26.7 Å². The van der Waals surface area contributed by atoms with Gasteiger partial charge in [0.05, 0.1) is 6.61 Å². The van der Waals surface area contributed by atoms with Crippen LogP contribution in [0.15, 0.2) is 18.2 Å². The Hall–Kier alpha value is -1.51. The summed E-state index contributed by atoms with van der Waals surface area (Å²) in [5, 5.41) is 2.94. The van der Waals surface area contributed by atoms with Gasteiger partial charge in [-0.25, -0.2) is 0 Å². The Balaban J connectivity index is 1.95. The highest BCUT2D eigenvalue weighted by Crippen LogP contribution is 2.25. The molecule has 0 saturated carbocycles. The van der Waals surface area contributed by atoms with Crippen LogP contribution in [0.4, 0.5) is 0 Å². The molecule has 0 fully saturated rings. The van der Waals surface area contributed by atoms with Gasteiger partial charge in [0.15, 0.2) is 0 Å². The van der Waals surface area contributed by atoms with Crippen molar-refractivity contribution in [3.63, 3.8) is 0 Å². The van der Waals surface area contributed by atoms with Crippen molar-refractivity contribution in [3.8, 4) is 5.75 Å². The molecule has 3 heteroatoms. The Labute approximate surface area is 102 Å². The second-order valence-corrected chi connectivity index (χ2v) is 4.86. The predicted molar refractivity (Wildman–Crippen MR) is 67.4 cm³/mol. The first-order valence-electron chi connectivity index (χ1n) is 6.21. The normalized spacial score (nSPS) is 13.4. The summed E-state index contributed by atoms with van der Waals surface area (Å²) in [6.45, 7) is 5.77. The van der Waals surface area contributed by atoms with Crippen LogP contribution in [0, 0.1) is 5.92 Å². The molecule has 1 N–H and O–H groups in total. The highest BCUT2D eigenvalue weighted by Gasteiger charge is 2.14. The standard InChI is InChI=1S/C14H19NO2/c1-10(2)5-7-15-14(16)12-3-4-13-11(9-12)6-8-17-13/h3-4,9-10H,5-8H2,1-2H3,(H,15,16). The van der Waals surface area contributed by atoms with E-state index in [1.54, 1.807) is 0 Å². The summed E-state index contributed by atoms with van der Waals surface area (Å²) in [5.41, 5.74) is 1.87. The van der Waals surface area contributed by atoms with Gasteiger partial charge in [-0.2, -0.15) is 0 Å². The minimum Gasteiger partial charge on any atom is -0.493 e. The Morgan fingerprint density at radius 1 is 1.47 bits per heavy atom. The van der Waals surface area contributed by atoms with Gasteiger partial charge in [-0.1, -0.05) is 13.8 Å². The number of rotatable bonds is 4. The highest BCUT2D eigenvalue weighted by atomic mass is 16.5. The smallest absolute Gasteiger partial charge is 0.251 e. The van der Waals surface area contributed by atoms with E-state index in [-0.39, 0.29) is 5.91 Å². The van der Waals surface area contributed by atoms with E-state index in [9.17, 15) is 4.79 Å². The maximum Gasteiger partial charge on any atom is 0.251 e. The molecule has 0 bridgehead atoms. The maximum atomic E-state index is 11.9. The number of fused-ring (bicyclic) bond motifs is 1. The van der Waals surface area contributed by atoms with Crippen LogP contribution in [0.3, 0.4) is 0 Å². The van der Waals surface area contributed by atoms with Gasteiger partial charge in [0.25, 0.3) is 5.91 Å². The van der Waals surface area contributed by atoms with Crippen LogP contribution >= 0.6 is 0 Å². The maximum absolute atomic E-state index is 11.9. The molecule has 0 aliphatic carbocycles. The summed E-state index contributed by atoms with van der Waals surface area (Å²) in [4.78, 5) is 11.9. The third-order valence-corrected chi connectivity index (χ3v) is 2.96. The van der Waals surface area contributed by atoms with Gasteiger partial charge in [0.1, 0.15) is 5.75 Å². The van der Waals surface area contributed by atoms with E-state index < -0.39 is 0 Å². The summed E-state index contributed by atoms with van der Waals surface area (Å²) in [5.74, 6) is 1.55. The van der Waals surface area contributed by atoms with Crippen LogP contribution in [0.1, 0.15) is 36.2 Å². The number of hydrogen-bond donors (Lipinski definition) is 1. The minimum atomic E-state index is 0.0142. The molecule has 0 spiro atoms. The molecule has 2 rings (SSSR count). The molecule has 0 saturated heterocycles. The Kier molecular flexibility index (Phi) is 3.67. The molecular weight excluding hydrogens is 214 g/mol. The highest BCUT2D eigenvalue weighted by molar-refractivity contribution is 5.94. The van der Waals surface area contributed by atoms with E-state index in [0.717, 1.165) is 42.9 Å². The zero-order valence-corrected chi connectivity index (χ0v) is 10.5. The van der Waals surface area contributed by atoms with Crippen LogP contribution in [-0.2, 0) is 6.42 Å². The van der Waals surface area contributed by atoms with Crippen molar-refractivity contribution < 1.29 is 9.53 Å². The zero-order valence-electron chi connectivity index (χ0n) is 10.5. The molecule has 0 aromatic heterocycles. The van der Waals surface area contributed by atoms with Crippen molar-refractivity contribution in [1.29, 1.82) is 0 Å². The van der Waals surface area contributed by atoms with Gasteiger partial charge >= 0.3 is 0 Å². The van der Waals surface area contributed by atoms with Gasteiger partial charge in [-0.3, -0.25) is 4.79 Å². The van der Waals surface area contributed by atoms with Crippen molar-refractivity contribution >= 4 is 5.91 Å². The van der Waals surface area contributed by atoms with E-state index in [4.69, 9.17) is 4.74 Å². The molecule has 17 heavy (non-hydrogen) atoms. The molecule has 1 aliphatic rings. The van der Waals surface area contributed by atoms with Crippen molar-refractivity contribution in [2.75, 3.05) is 13.2 Å². The lowest BCUT2D eigenvalue weighted by atomic mass is 10.1. The lowest BCUT2D eigenvalue weighted by molar-refractivity contribution is 0.0952. The first-order chi connectivity index (χ1) is 8.16. The number of carbonyl (C=O) groups excluding carboxylic acids is 1. The molecule has 92 valence electrons. The van der Waals surface area contributed by atoms with Crippen LogP contribution in [0.5, 0.6) is 5.75 Å². The number of hydrogen-bond acceptors (Lipinski definition) is 2. The zero-order chi connectivity index (χ0) is 12.3. The first kappa shape index (κ1) is 12.0. The molecule has 1 aliphatic heterocycles. The van der Waals surface area contributed by atoms with E-state index in [1.807, 2.05) is 18.2 Å².